The molecule has 0 aliphatic rings. The second kappa shape index (κ2) is 5.36. The van der Waals surface area contributed by atoms with E-state index in [4.69, 9.17) is 26.8 Å². The smallest absolute Gasteiger partial charge is 0.140 e. The van der Waals surface area contributed by atoms with Crippen molar-refractivity contribution < 1.29 is 9.47 Å². The second-order valence-corrected chi connectivity index (χ2v) is 4.47. The molecule has 1 aromatic heterocycles. The molecule has 2 N–H and O–H groups in total. The van der Waals surface area contributed by atoms with Crippen LogP contribution in [-0.2, 0) is 0 Å². The van der Waals surface area contributed by atoms with Gasteiger partial charge in [0.2, 0.25) is 0 Å². The Morgan fingerprint density at radius 3 is 2.37 bits per heavy atom. The summed E-state index contributed by atoms with van der Waals surface area (Å²) in [4.78, 5) is 4.27. The van der Waals surface area contributed by atoms with E-state index in [0.717, 1.165) is 16.8 Å². The minimum absolute atomic E-state index is 0.444. The largest absolute Gasteiger partial charge is 0.495 e. The van der Waals surface area contributed by atoms with Crippen molar-refractivity contribution in [2.45, 2.75) is 6.92 Å². The zero-order chi connectivity index (χ0) is 14.0. The fourth-order valence-corrected chi connectivity index (χ4v) is 2.13. The molecule has 0 aliphatic heterocycles. The predicted molar refractivity (Wildman–Crippen MR) is 76.9 cm³/mol. The molecular weight excluding hydrogens is 264 g/mol. The summed E-state index contributed by atoms with van der Waals surface area (Å²) in [6.45, 7) is 1.85. The first-order valence-corrected chi connectivity index (χ1v) is 6.09. The summed E-state index contributed by atoms with van der Waals surface area (Å²) in [5.41, 5.74) is 8.36. The van der Waals surface area contributed by atoms with Crippen molar-refractivity contribution in [3.8, 4) is 22.6 Å². The van der Waals surface area contributed by atoms with Crippen LogP contribution in [0, 0.1) is 6.92 Å². The molecule has 2 rings (SSSR count). The molecule has 1 aromatic carbocycles. The fraction of sp³-hybridized carbons (Fsp3) is 0.214. The lowest BCUT2D eigenvalue weighted by Gasteiger charge is -2.11. The summed E-state index contributed by atoms with van der Waals surface area (Å²) < 4.78 is 10.4. The van der Waals surface area contributed by atoms with Gasteiger partial charge in [-0.3, -0.25) is 0 Å². The Kier molecular flexibility index (Phi) is 3.81. The zero-order valence-corrected chi connectivity index (χ0v) is 11.8. The summed E-state index contributed by atoms with van der Waals surface area (Å²) in [7, 11) is 3.18. The van der Waals surface area contributed by atoms with Crippen molar-refractivity contribution in [2.24, 2.45) is 0 Å². The highest BCUT2D eigenvalue weighted by Crippen LogP contribution is 2.34. The van der Waals surface area contributed by atoms with E-state index in [1.807, 2.05) is 19.1 Å². The van der Waals surface area contributed by atoms with Crippen molar-refractivity contribution in [3.05, 3.63) is 35.0 Å². The molecule has 0 bridgehead atoms. The first kappa shape index (κ1) is 13.5. The normalized spacial score (nSPS) is 10.3. The first-order valence-electron chi connectivity index (χ1n) is 5.71. The SMILES string of the molecule is COc1ccc(-c2cc(OC)c(C)nc2N)cc1Cl. The Hall–Kier alpha value is -1.94. The summed E-state index contributed by atoms with van der Waals surface area (Å²) >= 11 is 6.12. The maximum atomic E-state index is 6.12. The lowest BCUT2D eigenvalue weighted by Crippen LogP contribution is -1.99. The lowest BCUT2D eigenvalue weighted by atomic mass is 10.1. The van der Waals surface area contributed by atoms with Crippen LogP contribution >= 0.6 is 11.6 Å². The lowest BCUT2D eigenvalue weighted by molar-refractivity contribution is 0.409. The highest BCUT2D eigenvalue weighted by molar-refractivity contribution is 6.32. The number of aryl methyl sites for hydroxylation is 1. The molecule has 0 saturated carbocycles. The van der Waals surface area contributed by atoms with Gasteiger partial charge in [-0.1, -0.05) is 17.7 Å². The maximum absolute atomic E-state index is 6.12. The first-order chi connectivity index (χ1) is 9.06. The van der Waals surface area contributed by atoms with Gasteiger partial charge in [0.05, 0.1) is 24.9 Å². The molecule has 19 heavy (non-hydrogen) atoms. The Bertz CT molecular complexity index is 615. The van der Waals surface area contributed by atoms with E-state index in [0.29, 0.717) is 22.3 Å². The van der Waals surface area contributed by atoms with Crippen LogP contribution < -0.4 is 15.2 Å². The standard InChI is InChI=1S/C14H15ClN2O2/c1-8-13(19-3)7-10(14(16)17-8)9-4-5-12(18-2)11(15)6-9/h4-7H,1-3H3,(H2,16,17). The summed E-state index contributed by atoms with van der Waals surface area (Å²) in [5, 5.41) is 0.527. The number of nitrogens with zero attached hydrogens (tertiary/aromatic N) is 1. The van der Waals surface area contributed by atoms with Crippen LogP contribution in [-0.4, -0.2) is 19.2 Å². The van der Waals surface area contributed by atoms with Crippen LogP contribution in [0.1, 0.15) is 5.69 Å². The number of anilines is 1. The number of methoxy groups -OCH3 is 2. The molecule has 0 spiro atoms. The van der Waals surface area contributed by atoms with Gasteiger partial charge in [0.1, 0.15) is 17.3 Å². The third kappa shape index (κ3) is 2.58. The Morgan fingerprint density at radius 2 is 1.79 bits per heavy atom. The molecule has 1 heterocycles. The Morgan fingerprint density at radius 1 is 1.11 bits per heavy atom. The molecule has 2 aromatic rings. The molecule has 0 aliphatic carbocycles. The molecule has 0 atom stereocenters. The summed E-state index contributed by atoms with van der Waals surface area (Å²) in [5.74, 6) is 1.76. The number of halogens is 1. The number of hydrogen-bond acceptors (Lipinski definition) is 4. The van der Waals surface area contributed by atoms with Crippen LogP contribution in [0.25, 0.3) is 11.1 Å². The van der Waals surface area contributed by atoms with Gasteiger partial charge in [-0.25, -0.2) is 4.98 Å². The van der Waals surface area contributed by atoms with Gasteiger partial charge >= 0.3 is 0 Å². The van der Waals surface area contributed by atoms with Crippen molar-refractivity contribution in [3.63, 3.8) is 0 Å². The number of aromatic nitrogens is 1. The monoisotopic (exact) mass is 278 g/mol. The Labute approximate surface area is 117 Å². The van der Waals surface area contributed by atoms with Gasteiger partial charge in [0, 0.05) is 5.56 Å². The second-order valence-electron chi connectivity index (χ2n) is 4.06. The van der Waals surface area contributed by atoms with Gasteiger partial charge in [-0.15, -0.1) is 0 Å². The fourth-order valence-electron chi connectivity index (χ4n) is 1.88. The quantitative estimate of drug-likeness (QED) is 0.936. The predicted octanol–water partition coefficient (Wildman–Crippen LogP) is 3.31. The van der Waals surface area contributed by atoms with Crippen LogP contribution in [0.15, 0.2) is 24.3 Å². The van der Waals surface area contributed by atoms with Crippen LogP contribution in [0.3, 0.4) is 0 Å². The minimum Gasteiger partial charge on any atom is -0.495 e. The molecule has 0 radical (unpaired) electrons. The van der Waals surface area contributed by atoms with Crippen LogP contribution in [0.5, 0.6) is 11.5 Å². The number of hydrogen-bond donors (Lipinski definition) is 1. The third-order valence-corrected chi connectivity index (χ3v) is 3.17. The van der Waals surface area contributed by atoms with E-state index < -0.39 is 0 Å². The van der Waals surface area contributed by atoms with E-state index in [9.17, 15) is 0 Å². The highest BCUT2D eigenvalue weighted by Gasteiger charge is 2.11. The molecule has 0 unspecified atom stereocenters. The van der Waals surface area contributed by atoms with Gasteiger partial charge in [-0.05, 0) is 30.7 Å². The minimum atomic E-state index is 0.444. The number of nitrogen functional groups attached to an aromatic ring is 1. The van der Waals surface area contributed by atoms with Gasteiger partial charge in [0.15, 0.2) is 0 Å². The third-order valence-electron chi connectivity index (χ3n) is 2.88. The maximum Gasteiger partial charge on any atom is 0.140 e. The van der Waals surface area contributed by atoms with E-state index in [1.165, 1.54) is 0 Å². The Balaban J connectivity index is 2.55. The van der Waals surface area contributed by atoms with E-state index >= 15 is 0 Å². The van der Waals surface area contributed by atoms with Crippen LogP contribution in [0.2, 0.25) is 5.02 Å². The van der Waals surface area contributed by atoms with E-state index in [-0.39, 0.29) is 0 Å². The summed E-state index contributed by atoms with van der Waals surface area (Å²) in [6.07, 6.45) is 0. The number of ether oxygens (including phenoxy) is 2. The number of rotatable bonds is 3. The molecule has 0 saturated heterocycles. The summed E-state index contributed by atoms with van der Waals surface area (Å²) in [6, 6.07) is 7.33. The van der Waals surface area contributed by atoms with Crippen LogP contribution in [0.4, 0.5) is 5.82 Å². The van der Waals surface area contributed by atoms with E-state index in [2.05, 4.69) is 4.98 Å². The topological polar surface area (TPSA) is 57.4 Å². The van der Waals surface area contributed by atoms with E-state index in [1.54, 1.807) is 26.4 Å². The van der Waals surface area contributed by atoms with Crippen molar-refractivity contribution >= 4 is 17.4 Å². The molecule has 5 heteroatoms. The van der Waals surface area contributed by atoms with Gasteiger partial charge in [0.25, 0.3) is 0 Å². The molecular formula is C14H15ClN2O2. The number of pyridine rings is 1. The number of nitrogens with two attached hydrogens (primary N) is 1. The van der Waals surface area contributed by atoms with Crippen molar-refractivity contribution in [1.29, 1.82) is 0 Å². The van der Waals surface area contributed by atoms with Gasteiger partial charge < -0.3 is 15.2 Å². The van der Waals surface area contributed by atoms with Crippen molar-refractivity contribution in [1.82, 2.24) is 4.98 Å². The molecule has 0 amide bonds. The average Bonchev–Trinajstić information content (AvgIpc) is 2.39. The highest BCUT2D eigenvalue weighted by atomic mass is 35.5. The van der Waals surface area contributed by atoms with Crippen molar-refractivity contribution in [2.75, 3.05) is 20.0 Å². The molecule has 0 fully saturated rings. The number of benzene rings is 1. The van der Waals surface area contributed by atoms with Gasteiger partial charge in [-0.2, -0.15) is 0 Å². The molecule has 4 nitrogen and oxygen atoms in total. The zero-order valence-electron chi connectivity index (χ0n) is 11.0. The molecule has 100 valence electrons. The average molecular weight is 279 g/mol.